The van der Waals surface area contributed by atoms with Crippen LogP contribution in [0.3, 0.4) is 0 Å². The molecule has 2 nitrogen and oxygen atoms in total. The monoisotopic (exact) mass is 162 g/mol. The summed E-state index contributed by atoms with van der Waals surface area (Å²) in [6.07, 6.45) is 2.92. The first-order chi connectivity index (χ1) is 5.79. The molecule has 1 aromatic heterocycles. The first-order valence-electron chi connectivity index (χ1n) is 3.64. The minimum Gasteiger partial charge on any atom is -0.244 e. The van der Waals surface area contributed by atoms with Crippen LogP contribution in [0.4, 0.5) is 4.39 Å². The van der Waals surface area contributed by atoms with Crippen molar-refractivity contribution in [3.8, 4) is 0 Å². The third kappa shape index (κ3) is 0.942. The molecule has 0 saturated carbocycles. The largest absolute Gasteiger partial charge is 0.244 e. The Morgan fingerprint density at radius 3 is 2.92 bits per heavy atom. The number of benzene rings is 1. The Balaban J connectivity index is 2.95. The molecule has 0 bridgehead atoms. The van der Waals surface area contributed by atoms with Gasteiger partial charge in [-0.3, -0.25) is 0 Å². The molecule has 60 valence electrons. The smallest absolute Gasteiger partial charge is 0.134 e. The van der Waals surface area contributed by atoms with E-state index < -0.39 is 0 Å². The zero-order valence-corrected chi connectivity index (χ0v) is 6.58. The lowest BCUT2D eigenvalue weighted by Gasteiger charge is -1.99. The molecular weight excluding hydrogens is 155 g/mol. The first kappa shape index (κ1) is 7.16. The van der Waals surface area contributed by atoms with Crippen molar-refractivity contribution >= 4 is 10.9 Å². The molecule has 1 heterocycles. The number of hydrogen-bond donors (Lipinski definition) is 0. The summed E-state index contributed by atoms with van der Waals surface area (Å²) in [5.74, 6) is -0.267. The summed E-state index contributed by atoms with van der Waals surface area (Å²) in [5.41, 5.74) is 1.65. The molecule has 2 aromatic rings. The van der Waals surface area contributed by atoms with E-state index in [1.165, 1.54) is 18.6 Å². The van der Waals surface area contributed by atoms with Crippen molar-refractivity contribution in [3.05, 3.63) is 36.0 Å². The number of rotatable bonds is 0. The van der Waals surface area contributed by atoms with Crippen molar-refractivity contribution in [2.24, 2.45) is 0 Å². The summed E-state index contributed by atoms with van der Waals surface area (Å²) in [4.78, 5) is 7.75. The van der Waals surface area contributed by atoms with Crippen molar-refractivity contribution in [3.63, 3.8) is 0 Å². The van der Waals surface area contributed by atoms with Gasteiger partial charge in [-0.05, 0) is 18.6 Å². The van der Waals surface area contributed by atoms with Crippen LogP contribution in [0, 0.1) is 12.7 Å². The van der Waals surface area contributed by atoms with E-state index in [-0.39, 0.29) is 5.82 Å². The number of halogens is 1. The summed E-state index contributed by atoms with van der Waals surface area (Å²) in [6, 6.07) is 3.14. The molecule has 12 heavy (non-hydrogen) atoms. The fourth-order valence-corrected chi connectivity index (χ4v) is 1.19. The van der Waals surface area contributed by atoms with E-state index in [4.69, 9.17) is 0 Å². The van der Waals surface area contributed by atoms with Crippen molar-refractivity contribution < 1.29 is 4.39 Å². The SMILES string of the molecule is Cc1ccc(F)c2cncnc12. The van der Waals surface area contributed by atoms with Gasteiger partial charge in [0.05, 0.1) is 10.9 Å². The van der Waals surface area contributed by atoms with Gasteiger partial charge in [0.1, 0.15) is 12.1 Å². The topological polar surface area (TPSA) is 25.8 Å². The van der Waals surface area contributed by atoms with Crippen LogP contribution in [0.1, 0.15) is 5.56 Å². The van der Waals surface area contributed by atoms with Crippen LogP contribution in [0.25, 0.3) is 10.9 Å². The van der Waals surface area contributed by atoms with Gasteiger partial charge in [0.15, 0.2) is 0 Å². The zero-order valence-electron chi connectivity index (χ0n) is 6.58. The van der Waals surface area contributed by atoms with Crippen LogP contribution < -0.4 is 0 Å². The van der Waals surface area contributed by atoms with E-state index in [2.05, 4.69) is 9.97 Å². The Morgan fingerprint density at radius 1 is 1.33 bits per heavy atom. The van der Waals surface area contributed by atoms with Gasteiger partial charge in [0, 0.05) is 6.20 Å². The van der Waals surface area contributed by atoms with Crippen LogP contribution in [0.2, 0.25) is 0 Å². The lowest BCUT2D eigenvalue weighted by molar-refractivity contribution is 0.639. The first-order valence-corrected chi connectivity index (χ1v) is 3.64. The molecule has 0 spiro atoms. The summed E-state index contributed by atoms with van der Waals surface area (Å²) < 4.78 is 13.1. The highest BCUT2D eigenvalue weighted by molar-refractivity contribution is 5.81. The van der Waals surface area contributed by atoms with E-state index in [1.54, 1.807) is 6.07 Å². The van der Waals surface area contributed by atoms with Crippen molar-refractivity contribution in [1.82, 2.24) is 9.97 Å². The van der Waals surface area contributed by atoms with Gasteiger partial charge in [-0.2, -0.15) is 0 Å². The molecule has 2 rings (SSSR count). The number of aromatic nitrogens is 2. The molecule has 1 aromatic carbocycles. The summed E-state index contributed by atoms with van der Waals surface area (Å²) in [6.45, 7) is 1.90. The van der Waals surface area contributed by atoms with E-state index >= 15 is 0 Å². The maximum atomic E-state index is 13.1. The third-order valence-corrected chi connectivity index (χ3v) is 1.82. The fourth-order valence-electron chi connectivity index (χ4n) is 1.19. The summed E-state index contributed by atoms with van der Waals surface area (Å²) in [5, 5.41) is 0.484. The average Bonchev–Trinajstić information content (AvgIpc) is 2.12. The number of aryl methyl sites for hydroxylation is 1. The van der Waals surface area contributed by atoms with E-state index in [9.17, 15) is 4.39 Å². The van der Waals surface area contributed by atoms with Crippen molar-refractivity contribution in [2.75, 3.05) is 0 Å². The van der Waals surface area contributed by atoms with Gasteiger partial charge in [-0.1, -0.05) is 6.07 Å². The summed E-state index contributed by atoms with van der Waals surface area (Å²) in [7, 11) is 0. The average molecular weight is 162 g/mol. The molecule has 0 amide bonds. The molecule has 0 aliphatic carbocycles. The van der Waals surface area contributed by atoms with Crippen LogP contribution in [0.15, 0.2) is 24.7 Å². The van der Waals surface area contributed by atoms with Crippen molar-refractivity contribution in [1.29, 1.82) is 0 Å². The molecule has 0 aliphatic rings. The van der Waals surface area contributed by atoms with Gasteiger partial charge < -0.3 is 0 Å². The van der Waals surface area contributed by atoms with Gasteiger partial charge in [-0.25, -0.2) is 14.4 Å². The standard InChI is InChI=1S/C9H7FN2/c1-6-2-3-8(10)7-4-11-5-12-9(6)7/h2-5H,1H3. The molecule has 0 radical (unpaired) electrons. The third-order valence-electron chi connectivity index (χ3n) is 1.82. The Kier molecular flexibility index (Phi) is 1.50. The van der Waals surface area contributed by atoms with E-state index in [1.807, 2.05) is 6.92 Å². The van der Waals surface area contributed by atoms with E-state index in [0.29, 0.717) is 10.9 Å². The second-order valence-corrected chi connectivity index (χ2v) is 2.65. The molecule has 3 heteroatoms. The predicted octanol–water partition coefficient (Wildman–Crippen LogP) is 2.08. The van der Waals surface area contributed by atoms with Crippen molar-refractivity contribution in [2.45, 2.75) is 6.92 Å². The van der Waals surface area contributed by atoms with E-state index in [0.717, 1.165) is 5.56 Å². The zero-order chi connectivity index (χ0) is 8.55. The second-order valence-electron chi connectivity index (χ2n) is 2.65. The molecular formula is C9H7FN2. The lowest BCUT2D eigenvalue weighted by atomic mass is 10.1. The van der Waals surface area contributed by atoms with Gasteiger partial charge in [0.2, 0.25) is 0 Å². The molecule has 0 unspecified atom stereocenters. The Morgan fingerprint density at radius 2 is 2.17 bits per heavy atom. The molecule has 0 fully saturated rings. The maximum Gasteiger partial charge on any atom is 0.134 e. The normalized spacial score (nSPS) is 10.5. The second kappa shape index (κ2) is 2.52. The Bertz CT molecular complexity index is 385. The molecule has 0 saturated heterocycles. The Hall–Kier alpha value is -1.51. The van der Waals surface area contributed by atoms with Gasteiger partial charge >= 0.3 is 0 Å². The van der Waals surface area contributed by atoms with Crippen LogP contribution >= 0.6 is 0 Å². The fraction of sp³-hybridized carbons (Fsp3) is 0.111. The lowest BCUT2D eigenvalue weighted by Crippen LogP contribution is -1.87. The molecule has 0 atom stereocenters. The summed E-state index contributed by atoms with van der Waals surface area (Å²) >= 11 is 0. The van der Waals surface area contributed by atoms with Gasteiger partial charge in [0.25, 0.3) is 0 Å². The predicted molar refractivity (Wildman–Crippen MR) is 44.2 cm³/mol. The highest BCUT2D eigenvalue weighted by Crippen LogP contribution is 2.17. The minimum absolute atomic E-state index is 0.267. The number of hydrogen-bond acceptors (Lipinski definition) is 2. The highest BCUT2D eigenvalue weighted by atomic mass is 19.1. The number of fused-ring (bicyclic) bond motifs is 1. The van der Waals surface area contributed by atoms with Gasteiger partial charge in [-0.15, -0.1) is 0 Å². The highest BCUT2D eigenvalue weighted by Gasteiger charge is 2.02. The minimum atomic E-state index is -0.267. The Labute approximate surface area is 69.1 Å². The van der Waals surface area contributed by atoms with Crippen LogP contribution in [-0.2, 0) is 0 Å². The van der Waals surface area contributed by atoms with Crippen LogP contribution in [0.5, 0.6) is 0 Å². The molecule has 0 N–H and O–H groups in total. The number of nitrogens with zero attached hydrogens (tertiary/aromatic N) is 2. The quantitative estimate of drug-likeness (QED) is 0.592. The molecule has 0 aliphatic heterocycles. The van der Waals surface area contributed by atoms with Crippen LogP contribution in [-0.4, -0.2) is 9.97 Å². The maximum absolute atomic E-state index is 13.1.